The van der Waals surface area contributed by atoms with E-state index in [1.54, 1.807) is 0 Å². The number of hydrogen-bond acceptors (Lipinski definition) is 4. The highest BCUT2D eigenvalue weighted by Gasteiger charge is 2.30. The molecule has 1 fully saturated rings. The Labute approximate surface area is 124 Å². The molecular formula is C16H21N3S. The molecule has 1 heterocycles. The van der Waals surface area contributed by atoms with Gasteiger partial charge in [-0.25, -0.2) is 4.98 Å². The molecule has 1 saturated carbocycles. The number of thiazole rings is 1. The molecule has 106 valence electrons. The zero-order chi connectivity index (χ0) is 13.9. The fraction of sp³-hybridized carbons (Fsp3) is 0.438. The monoisotopic (exact) mass is 287 g/mol. The number of benzene rings is 1. The van der Waals surface area contributed by atoms with Gasteiger partial charge in [0.15, 0.2) is 5.13 Å². The molecule has 3 rings (SSSR count). The summed E-state index contributed by atoms with van der Waals surface area (Å²) in [5.74, 6) is 0.706. The maximum atomic E-state index is 4.91. The van der Waals surface area contributed by atoms with Crippen molar-refractivity contribution >= 4 is 22.2 Å². The molecule has 4 heteroatoms. The lowest BCUT2D eigenvalue weighted by molar-refractivity contribution is 0.726. The number of para-hydroxylation sites is 1. The van der Waals surface area contributed by atoms with Crippen LogP contribution in [-0.4, -0.2) is 18.6 Å². The first-order valence-electron chi connectivity index (χ1n) is 7.28. The smallest absolute Gasteiger partial charge is 0.190 e. The molecule has 3 nitrogen and oxygen atoms in total. The molecule has 0 radical (unpaired) electrons. The van der Waals surface area contributed by atoms with Gasteiger partial charge in [0.2, 0.25) is 0 Å². The van der Waals surface area contributed by atoms with E-state index >= 15 is 0 Å². The number of nitrogens with zero attached hydrogens (tertiary/aromatic N) is 2. The molecule has 1 aromatic heterocycles. The third kappa shape index (κ3) is 2.86. The van der Waals surface area contributed by atoms with E-state index in [-0.39, 0.29) is 0 Å². The van der Waals surface area contributed by atoms with E-state index in [2.05, 4.69) is 48.5 Å². The molecule has 20 heavy (non-hydrogen) atoms. The Balaban J connectivity index is 1.86. The highest BCUT2D eigenvalue weighted by atomic mass is 32.1. The molecule has 1 aliphatic carbocycles. The van der Waals surface area contributed by atoms with E-state index in [0.717, 1.165) is 18.2 Å². The molecule has 0 spiro atoms. The second-order valence-electron chi connectivity index (χ2n) is 5.25. The molecule has 1 aromatic carbocycles. The van der Waals surface area contributed by atoms with Crippen LogP contribution >= 0.6 is 11.3 Å². The Morgan fingerprint density at radius 3 is 2.70 bits per heavy atom. The maximum Gasteiger partial charge on any atom is 0.190 e. The van der Waals surface area contributed by atoms with Crippen LogP contribution in [-0.2, 0) is 6.54 Å². The lowest BCUT2D eigenvalue weighted by Gasteiger charge is -2.15. The van der Waals surface area contributed by atoms with Gasteiger partial charge in [-0.1, -0.05) is 36.5 Å². The summed E-state index contributed by atoms with van der Waals surface area (Å²) < 4.78 is 0. The molecule has 2 aromatic rings. The van der Waals surface area contributed by atoms with Crippen molar-refractivity contribution in [3.8, 4) is 0 Å². The molecule has 1 aliphatic rings. The standard InChI is InChI=1S/C16H21N3S/c1-3-17-11-14-15(12-9-10-12)18-16(20-14)19(2)13-7-5-4-6-8-13/h4-8,12,17H,3,9-11H2,1-2H3. The Hall–Kier alpha value is -1.39. The summed E-state index contributed by atoms with van der Waals surface area (Å²) in [7, 11) is 2.10. The normalized spacial score (nSPS) is 14.5. The number of anilines is 2. The van der Waals surface area contributed by atoms with Gasteiger partial charge in [-0.2, -0.15) is 0 Å². The number of nitrogens with one attached hydrogen (secondary N) is 1. The van der Waals surface area contributed by atoms with Crippen LogP contribution in [0, 0.1) is 0 Å². The van der Waals surface area contributed by atoms with Crippen molar-refractivity contribution in [2.45, 2.75) is 32.2 Å². The summed E-state index contributed by atoms with van der Waals surface area (Å²) in [6, 6.07) is 10.4. The van der Waals surface area contributed by atoms with Crippen LogP contribution in [0.25, 0.3) is 0 Å². The predicted octanol–water partition coefficient (Wildman–Crippen LogP) is 3.90. The van der Waals surface area contributed by atoms with Crippen molar-refractivity contribution in [3.05, 3.63) is 40.9 Å². The number of rotatable bonds is 6. The Morgan fingerprint density at radius 2 is 2.05 bits per heavy atom. The Morgan fingerprint density at radius 1 is 1.30 bits per heavy atom. The molecule has 1 N–H and O–H groups in total. The van der Waals surface area contributed by atoms with Crippen LogP contribution in [0.3, 0.4) is 0 Å². The summed E-state index contributed by atoms with van der Waals surface area (Å²) in [5, 5.41) is 4.53. The van der Waals surface area contributed by atoms with Crippen LogP contribution in [0.2, 0.25) is 0 Å². The lowest BCUT2D eigenvalue weighted by Crippen LogP contribution is -2.11. The second-order valence-corrected chi connectivity index (χ2v) is 6.32. The topological polar surface area (TPSA) is 28.2 Å². The third-order valence-corrected chi connectivity index (χ3v) is 4.79. The maximum absolute atomic E-state index is 4.91. The fourth-order valence-corrected chi connectivity index (χ4v) is 3.39. The second kappa shape index (κ2) is 5.94. The Bertz CT molecular complexity index is 560. The summed E-state index contributed by atoms with van der Waals surface area (Å²) in [5.41, 5.74) is 2.52. The molecule has 0 atom stereocenters. The first-order chi connectivity index (χ1) is 9.79. The first-order valence-corrected chi connectivity index (χ1v) is 8.10. The predicted molar refractivity (Wildman–Crippen MR) is 86.0 cm³/mol. The summed E-state index contributed by atoms with van der Waals surface area (Å²) in [6.45, 7) is 4.10. The Kier molecular flexibility index (Phi) is 4.03. The molecule has 0 unspecified atom stereocenters. The van der Waals surface area contributed by atoms with Crippen molar-refractivity contribution in [2.24, 2.45) is 0 Å². The van der Waals surface area contributed by atoms with Crippen LogP contribution in [0.15, 0.2) is 30.3 Å². The summed E-state index contributed by atoms with van der Waals surface area (Å²) >= 11 is 1.82. The lowest BCUT2D eigenvalue weighted by atomic mass is 10.2. The molecule has 0 amide bonds. The minimum absolute atomic E-state index is 0.706. The summed E-state index contributed by atoms with van der Waals surface area (Å²) in [6.07, 6.45) is 2.61. The van der Waals surface area contributed by atoms with E-state index in [9.17, 15) is 0 Å². The fourth-order valence-electron chi connectivity index (χ4n) is 2.30. The van der Waals surface area contributed by atoms with Gasteiger partial charge < -0.3 is 10.2 Å². The number of aromatic nitrogens is 1. The van der Waals surface area contributed by atoms with Crippen molar-refractivity contribution < 1.29 is 0 Å². The van der Waals surface area contributed by atoms with Crippen molar-refractivity contribution in [1.82, 2.24) is 10.3 Å². The van der Waals surface area contributed by atoms with E-state index in [1.807, 2.05) is 17.4 Å². The highest BCUT2D eigenvalue weighted by molar-refractivity contribution is 7.15. The van der Waals surface area contributed by atoms with Crippen molar-refractivity contribution in [3.63, 3.8) is 0 Å². The van der Waals surface area contributed by atoms with Gasteiger partial charge in [0.05, 0.1) is 5.69 Å². The highest BCUT2D eigenvalue weighted by Crippen LogP contribution is 2.44. The zero-order valence-electron chi connectivity index (χ0n) is 12.1. The van der Waals surface area contributed by atoms with E-state index < -0.39 is 0 Å². The van der Waals surface area contributed by atoms with Gasteiger partial charge in [0.1, 0.15) is 0 Å². The molecule has 0 saturated heterocycles. The van der Waals surface area contributed by atoms with Gasteiger partial charge in [-0.15, -0.1) is 0 Å². The van der Waals surface area contributed by atoms with Crippen LogP contribution in [0.5, 0.6) is 0 Å². The zero-order valence-corrected chi connectivity index (χ0v) is 12.9. The minimum atomic E-state index is 0.706. The van der Waals surface area contributed by atoms with Crippen molar-refractivity contribution in [1.29, 1.82) is 0 Å². The quantitative estimate of drug-likeness (QED) is 0.873. The van der Waals surface area contributed by atoms with E-state index in [0.29, 0.717) is 5.92 Å². The van der Waals surface area contributed by atoms with Crippen LogP contribution in [0.4, 0.5) is 10.8 Å². The first kappa shape index (κ1) is 13.6. The van der Waals surface area contributed by atoms with Crippen LogP contribution in [0.1, 0.15) is 36.3 Å². The SMILES string of the molecule is CCNCc1sc(N(C)c2ccccc2)nc1C1CC1. The summed E-state index contributed by atoms with van der Waals surface area (Å²) in [4.78, 5) is 8.50. The van der Waals surface area contributed by atoms with Gasteiger partial charge in [-0.3, -0.25) is 0 Å². The molecule has 0 bridgehead atoms. The largest absolute Gasteiger partial charge is 0.321 e. The van der Waals surface area contributed by atoms with Crippen LogP contribution < -0.4 is 10.2 Å². The van der Waals surface area contributed by atoms with Gasteiger partial charge >= 0.3 is 0 Å². The van der Waals surface area contributed by atoms with Gasteiger partial charge in [0.25, 0.3) is 0 Å². The van der Waals surface area contributed by atoms with E-state index in [4.69, 9.17) is 4.98 Å². The van der Waals surface area contributed by atoms with Crippen molar-refractivity contribution in [2.75, 3.05) is 18.5 Å². The van der Waals surface area contributed by atoms with Gasteiger partial charge in [0, 0.05) is 30.1 Å². The molecule has 0 aliphatic heterocycles. The molecular weight excluding hydrogens is 266 g/mol. The third-order valence-electron chi connectivity index (χ3n) is 3.65. The van der Waals surface area contributed by atoms with Gasteiger partial charge in [-0.05, 0) is 31.5 Å². The van der Waals surface area contributed by atoms with E-state index in [1.165, 1.54) is 29.1 Å². The average Bonchev–Trinajstić information content (AvgIpc) is 3.25. The number of hydrogen-bond donors (Lipinski definition) is 1. The average molecular weight is 287 g/mol. The minimum Gasteiger partial charge on any atom is -0.321 e.